The number of aromatic carboxylic acids is 1. The van der Waals surface area contributed by atoms with Gasteiger partial charge < -0.3 is 25.5 Å². The van der Waals surface area contributed by atoms with Crippen LogP contribution in [0.1, 0.15) is 16.1 Å². The first-order valence-electron chi connectivity index (χ1n) is 6.14. The zero-order chi connectivity index (χ0) is 15.4. The predicted molar refractivity (Wildman–Crippen MR) is 78.1 cm³/mol. The summed E-state index contributed by atoms with van der Waals surface area (Å²) in [4.78, 5) is 25.7. The predicted octanol–water partition coefficient (Wildman–Crippen LogP) is 2.67. The Bertz CT molecular complexity index is 661. The second kappa shape index (κ2) is 6.00. The molecule has 2 aromatic rings. The van der Waals surface area contributed by atoms with Crippen molar-refractivity contribution in [3.8, 4) is 5.75 Å². The Balaban J connectivity index is 2.06. The van der Waals surface area contributed by atoms with E-state index in [-0.39, 0.29) is 11.3 Å². The normalized spacial score (nSPS) is 10.0. The van der Waals surface area contributed by atoms with E-state index < -0.39 is 12.0 Å². The van der Waals surface area contributed by atoms with Gasteiger partial charge in [0.2, 0.25) is 0 Å². The van der Waals surface area contributed by atoms with Crippen LogP contribution in [0, 0.1) is 6.92 Å². The zero-order valence-electron chi connectivity index (χ0n) is 11.6. The maximum absolute atomic E-state index is 11.9. The first kappa shape index (κ1) is 14.4. The molecule has 2 amide bonds. The van der Waals surface area contributed by atoms with E-state index in [1.165, 1.54) is 6.20 Å². The Labute approximate surface area is 120 Å². The summed E-state index contributed by atoms with van der Waals surface area (Å²) in [6.07, 6.45) is 1.44. The van der Waals surface area contributed by atoms with E-state index in [4.69, 9.17) is 9.84 Å². The Morgan fingerprint density at radius 2 is 1.86 bits per heavy atom. The SMILES string of the molecule is COc1ccc(NC(=O)Nc2c[nH]c(C)c2C(=O)O)cc1. The number of urea groups is 1. The second-order valence-electron chi connectivity index (χ2n) is 4.32. The Morgan fingerprint density at radius 1 is 1.19 bits per heavy atom. The number of amides is 2. The standard InChI is InChI=1S/C14H15N3O4/c1-8-12(13(18)19)11(7-15-8)17-14(20)16-9-3-5-10(21-2)6-4-9/h3-7,15H,1-2H3,(H,18,19)(H2,16,17,20). The van der Waals surface area contributed by atoms with Crippen LogP contribution in [-0.4, -0.2) is 29.2 Å². The van der Waals surface area contributed by atoms with Crippen molar-refractivity contribution in [2.45, 2.75) is 6.92 Å². The zero-order valence-corrected chi connectivity index (χ0v) is 11.6. The van der Waals surface area contributed by atoms with Crippen molar-refractivity contribution < 1.29 is 19.4 Å². The highest BCUT2D eigenvalue weighted by molar-refractivity contribution is 6.05. The van der Waals surface area contributed by atoms with Gasteiger partial charge in [-0.05, 0) is 31.2 Å². The molecule has 0 saturated carbocycles. The molecule has 21 heavy (non-hydrogen) atoms. The van der Waals surface area contributed by atoms with E-state index in [0.717, 1.165) is 0 Å². The van der Waals surface area contributed by atoms with Gasteiger partial charge in [0.15, 0.2) is 0 Å². The Morgan fingerprint density at radius 3 is 2.43 bits per heavy atom. The molecule has 0 aliphatic heterocycles. The summed E-state index contributed by atoms with van der Waals surface area (Å²) >= 11 is 0. The smallest absolute Gasteiger partial charge is 0.339 e. The average Bonchev–Trinajstić information content (AvgIpc) is 2.80. The number of nitrogens with one attached hydrogen (secondary N) is 3. The fraction of sp³-hybridized carbons (Fsp3) is 0.143. The van der Waals surface area contributed by atoms with Gasteiger partial charge in [0, 0.05) is 17.6 Å². The highest BCUT2D eigenvalue weighted by Gasteiger charge is 2.17. The summed E-state index contributed by atoms with van der Waals surface area (Å²) in [6, 6.07) is 6.25. The van der Waals surface area contributed by atoms with Gasteiger partial charge in [-0.3, -0.25) is 0 Å². The Hall–Kier alpha value is -2.96. The van der Waals surface area contributed by atoms with Gasteiger partial charge >= 0.3 is 12.0 Å². The number of benzene rings is 1. The number of carbonyl (C=O) groups is 2. The lowest BCUT2D eigenvalue weighted by molar-refractivity contribution is 0.0697. The fourth-order valence-electron chi connectivity index (χ4n) is 1.86. The molecule has 0 unspecified atom stereocenters. The topological polar surface area (TPSA) is 103 Å². The van der Waals surface area contributed by atoms with Crippen LogP contribution >= 0.6 is 0 Å². The Kier molecular flexibility index (Phi) is 4.13. The molecule has 1 aromatic heterocycles. The number of hydrogen-bond donors (Lipinski definition) is 4. The van der Waals surface area contributed by atoms with Crippen molar-refractivity contribution in [2.24, 2.45) is 0 Å². The van der Waals surface area contributed by atoms with Crippen LogP contribution in [-0.2, 0) is 0 Å². The van der Waals surface area contributed by atoms with E-state index in [0.29, 0.717) is 17.1 Å². The van der Waals surface area contributed by atoms with E-state index in [1.807, 2.05) is 0 Å². The molecule has 4 N–H and O–H groups in total. The lowest BCUT2D eigenvalue weighted by Crippen LogP contribution is -2.20. The van der Waals surface area contributed by atoms with Crippen molar-refractivity contribution in [3.05, 3.63) is 41.7 Å². The molecule has 110 valence electrons. The summed E-state index contributed by atoms with van der Waals surface area (Å²) in [7, 11) is 1.55. The number of carboxylic acid groups (broad SMARTS) is 1. The van der Waals surface area contributed by atoms with Crippen molar-refractivity contribution in [3.63, 3.8) is 0 Å². The minimum Gasteiger partial charge on any atom is -0.497 e. The number of carbonyl (C=O) groups excluding carboxylic acids is 1. The van der Waals surface area contributed by atoms with E-state index in [1.54, 1.807) is 38.3 Å². The highest BCUT2D eigenvalue weighted by atomic mass is 16.5. The van der Waals surface area contributed by atoms with Crippen LogP contribution in [0.3, 0.4) is 0 Å². The van der Waals surface area contributed by atoms with E-state index >= 15 is 0 Å². The average molecular weight is 289 g/mol. The molecular weight excluding hydrogens is 274 g/mol. The number of carboxylic acids is 1. The quantitative estimate of drug-likeness (QED) is 0.694. The maximum Gasteiger partial charge on any atom is 0.339 e. The molecule has 0 atom stereocenters. The monoisotopic (exact) mass is 289 g/mol. The number of rotatable bonds is 4. The molecule has 0 bridgehead atoms. The van der Waals surface area contributed by atoms with Crippen molar-refractivity contribution in [2.75, 3.05) is 17.7 Å². The summed E-state index contributed by atoms with van der Waals surface area (Å²) < 4.78 is 5.02. The molecule has 0 radical (unpaired) electrons. The van der Waals surface area contributed by atoms with Gasteiger partial charge in [0.05, 0.1) is 12.8 Å². The number of H-pyrrole nitrogens is 1. The number of hydrogen-bond acceptors (Lipinski definition) is 3. The number of aromatic nitrogens is 1. The van der Waals surface area contributed by atoms with Crippen LogP contribution < -0.4 is 15.4 Å². The van der Waals surface area contributed by atoms with Gasteiger partial charge in [-0.15, -0.1) is 0 Å². The fourth-order valence-corrected chi connectivity index (χ4v) is 1.86. The molecule has 0 aliphatic rings. The molecule has 7 heteroatoms. The summed E-state index contributed by atoms with van der Waals surface area (Å²) in [5, 5.41) is 14.2. The van der Waals surface area contributed by atoms with E-state index in [2.05, 4.69) is 15.6 Å². The van der Waals surface area contributed by atoms with Gasteiger partial charge in [-0.2, -0.15) is 0 Å². The second-order valence-corrected chi connectivity index (χ2v) is 4.32. The third kappa shape index (κ3) is 3.33. The first-order valence-corrected chi connectivity index (χ1v) is 6.14. The van der Waals surface area contributed by atoms with Gasteiger partial charge in [-0.1, -0.05) is 0 Å². The van der Waals surface area contributed by atoms with Crippen LogP contribution in [0.5, 0.6) is 5.75 Å². The third-order valence-electron chi connectivity index (χ3n) is 2.89. The van der Waals surface area contributed by atoms with Crippen molar-refractivity contribution >= 4 is 23.4 Å². The minimum atomic E-state index is -1.10. The van der Waals surface area contributed by atoms with Crippen LogP contribution in [0.4, 0.5) is 16.2 Å². The number of anilines is 2. The number of aromatic amines is 1. The molecule has 0 saturated heterocycles. The van der Waals surface area contributed by atoms with Crippen LogP contribution in [0.25, 0.3) is 0 Å². The summed E-state index contributed by atoms with van der Waals surface area (Å²) in [6.45, 7) is 1.62. The van der Waals surface area contributed by atoms with Gasteiger partial charge in [0.25, 0.3) is 0 Å². The minimum absolute atomic E-state index is 0.0416. The third-order valence-corrected chi connectivity index (χ3v) is 2.89. The molecule has 0 spiro atoms. The molecule has 2 rings (SSSR count). The summed E-state index contributed by atoms with van der Waals surface area (Å²) in [5.74, 6) is -0.427. The highest BCUT2D eigenvalue weighted by Crippen LogP contribution is 2.20. The van der Waals surface area contributed by atoms with Crippen molar-refractivity contribution in [1.82, 2.24) is 4.98 Å². The number of methoxy groups -OCH3 is 1. The van der Waals surface area contributed by atoms with E-state index in [9.17, 15) is 9.59 Å². The molecule has 1 aromatic carbocycles. The molecule has 7 nitrogen and oxygen atoms in total. The van der Waals surface area contributed by atoms with Gasteiger partial charge in [-0.25, -0.2) is 9.59 Å². The largest absolute Gasteiger partial charge is 0.497 e. The van der Waals surface area contributed by atoms with Crippen LogP contribution in [0.15, 0.2) is 30.5 Å². The molecule has 0 fully saturated rings. The maximum atomic E-state index is 11.9. The number of aryl methyl sites for hydroxylation is 1. The van der Waals surface area contributed by atoms with Crippen LogP contribution in [0.2, 0.25) is 0 Å². The molecular formula is C14H15N3O4. The number of ether oxygens (including phenoxy) is 1. The van der Waals surface area contributed by atoms with Gasteiger partial charge in [0.1, 0.15) is 11.3 Å². The molecule has 0 aliphatic carbocycles. The van der Waals surface area contributed by atoms with Crippen molar-refractivity contribution in [1.29, 1.82) is 0 Å². The summed E-state index contributed by atoms with van der Waals surface area (Å²) in [5.41, 5.74) is 1.30. The molecule has 1 heterocycles. The lowest BCUT2D eigenvalue weighted by atomic mass is 10.2. The first-order chi connectivity index (χ1) is 10.0. The lowest BCUT2D eigenvalue weighted by Gasteiger charge is -2.08.